The topological polar surface area (TPSA) is 57.8 Å². The number of rotatable bonds is 2. The standard InChI is InChI=1S/C15H9ClF3N3O/c16-9-3-1-2-8-4-7-12(22-13(8)9)20-10-5-6-11(15(17,18)19)21-14(10)23/h1-7H,(H,20,22)(H,21,23). The third-order valence-corrected chi connectivity index (χ3v) is 3.45. The van der Waals surface area contributed by atoms with Crippen LogP contribution in [0, 0.1) is 0 Å². The van der Waals surface area contributed by atoms with Crippen LogP contribution >= 0.6 is 11.6 Å². The third kappa shape index (κ3) is 3.14. The van der Waals surface area contributed by atoms with E-state index in [1.807, 2.05) is 6.07 Å². The largest absolute Gasteiger partial charge is 0.431 e. The molecule has 0 saturated heterocycles. The van der Waals surface area contributed by atoms with Gasteiger partial charge in [-0.05, 0) is 30.3 Å². The number of hydrogen-bond acceptors (Lipinski definition) is 3. The number of alkyl halides is 3. The summed E-state index contributed by atoms with van der Waals surface area (Å²) in [5.41, 5.74) is -1.51. The first-order valence-corrected chi connectivity index (χ1v) is 6.85. The van der Waals surface area contributed by atoms with Crippen LogP contribution in [0.15, 0.2) is 47.3 Å². The SMILES string of the molecule is O=c1[nH]c(C(F)(F)F)ccc1Nc1ccc2cccc(Cl)c2n1. The van der Waals surface area contributed by atoms with Crippen molar-refractivity contribution in [2.75, 3.05) is 5.32 Å². The number of nitrogens with zero attached hydrogens (tertiary/aromatic N) is 1. The molecule has 118 valence electrons. The van der Waals surface area contributed by atoms with Gasteiger partial charge in [0, 0.05) is 5.39 Å². The van der Waals surface area contributed by atoms with Crippen LogP contribution in [0.4, 0.5) is 24.7 Å². The lowest BCUT2D eigenvalue weighted by Crippen LogP contribution is -2.18. The Hall–Kier alpha value is -2.54. The molecule has 1 aromatic carbocycles. The highest BCUT2D eigenvalue weighted by Gasteiger charge is 2.31. The van der Waals surface area contributed by atoms with Gasteiger partial charge in [0.1, 0.15) is 17.2 Å². The van der Waals surface area contributed by atoms with E-state index >= 15 is 0 Å². The summed E-state index contributed by atoms with van der Waals surface area (Å²) in [6, 6.07) is 10.5. The predicted molar refractivity (Wildman–Crippen MR) is 82.1 cm³/mol. The van der Waals surface area contributed by atoms with E-state index < -0.39 is 17.4 Å². The highest BCUT2D eigenvalue weighted by Crippen LogP contribution is 2.27. The second-order valence-corrected chi connectivity index (χ2v) is 5.15. The molecule has 0 spiro atoms. The second-order valence-electron chi connectivity index (χ2n) is 4.75. The van der Waals surface area contributed by atoms with E-state index in [9.17, 15) is 18.0 Å². The van der Waals surface area contributed by atoms with Gasteiger partial charge in [-0.3, -0.25) is 4.79 Å². The Balaban J connectivity index is 1.96. The first-order chi connectivity index (χ1) is 10.8. The van der Waals surface area contributed by atoms with Crippen LogP contribution in [0.25, 0.3) is 10.9 Å². The highest BCUT2D eigenvalue weighted by molar-refractivity contribution is 6.35. The van der Waals surface area contributed by atoms with Crippen molar-refractivity contribution in [3.8, 4) is 0 Å². The van der Waals surface area contributed by atoms with Crippen LogP contribution < -0.4 is 10.9 Å². The van der Waals surface area contributed by atoms with Crippen molar-refractivity contribution >= 4 is 34.0 Å². The normalized spacial score (nSPS) is 11.7. The molecule has 3 aromatic rings. The summed E-state index contributed by atoms with van der Waals surface area (Å²) in [7, 11) is 0. The Morgan fingerprint density at radius 2 is 1.87 bits per heavy atom. The molecule has 23 heavy (non-hydrogen) atoms. The fraction of sp³-hybridized carbons (Fsp3) is 0.0667. The molecule has 2 aromatic heterocycles. The molecule has 0 atom stereocenters. The maximum absolute atomic E-state index is 12.5. The lowest BCUT2D eigenvalue weighted by molar-refractivity contribution is -0.141. The Labute approximate surface area is 132 Å². The maximum Gasteiger partial charge on any atom is 0.431 e. The van der Waals surface area contributed by atoms with E-state index in [2.05, 4.69) is 10.3 Å². The number of aromatic nitrogens is 2. The molecule has 2 heterocycles. The van der Waals surface area contributed by atoms with Crippen molar-refractivity contribution in [1.82, 2.24) is 9.97 Å². The minimum atomic E-state index is -4.60. The molecule has 0 saturated carbocycles. The minimum Gasteiger partial charge on any atom is -0.336 e. The molecule has 0 aliphatic rings. The van der Waals surface area contributed by atoms with Crippen LogP contribution in [0.3, 0.4) is 0 Å². The van der Waals surface area contributed by atoms with Crippen LogP contribution in [0.2, 0.25) is 5.02 Å². The summed E-state index contributed by atoms with van der Waals surface area (Å²) in [5.74, 6) is 0.302. The maximum atomic E-state index is 12.5. The Kier molecular flexibility index (Phi) is 3.73. The Morgan fingerprint density at radius 1 is 1.09 bits per heavy atom. The van der Waals surface area contributed by atoms with Gasteiger partial charge >= 0.3 is 6.18 Å². The highest BCUT2D eigenvalue weighted by atomic mass is 35.5. The van der Waals surface area contributed by atoms with Gasteiger partial charge in [0.15, 0.2) is 0 Å². The molecule has 8 heteroatoms. The summed E-state index contributed by atoms with van der Waals surface area (Å²) in [6.07, 6.45) is -4.60. The van der Waals surface area contributed by atoms with Gasteiger partial charge in [-0.1, -0.05) is 23.7 Å². The molecule has 0 aliphatic heterocycles. The number of hydrogen-bond donors (Lipinski definition) is 2. The predicted octanol–water partition coefficient (Wildman–Crippen LogP) is 4.34. The van der Waals surface area contributed by atoms with Gasteiger partial charge in [0.25, 0.3) is 5.56 Å². The van der Waals surface area contributed by atoms with Gasteiger partial charge in [0.05, 0.1) is 10.5 Å². The van der Waals surface area contributed by atoms with Gasteiger partial charge in [-0.2, -0.15) is 13.2 Å². The third-order valence-electron chi connectivity index (χ3n) is 3.15. The van der Waals surface area contributed by atoms with E-state index in [0.29, 0.717) is 16.4 Å². The number of fused-ring (bicyclic) bond motifs is 1. The number of nitrogens with one attached hydrogen (secondary N) is 2. The monoisotopic (exact) mass is 339 g/mol. The molecule has 0 fully saturated rings. The molecule has 0 radical (unpaired) electrons. The molecule has 0 aliphatic carbocycles. The van der Waals surface area contributed by atoms with E-state index in [0.717, 1.165) is 17.5 Å². The number of pyridine rings is 2. The van der Waals surface area contributed by atoms with Crippen molar-refractivity contribution < 1.29 is 13.2 Å². The number of H-pyrrole nitrogens is 1. The van der Waals surface area contributed by atoms with E-state index in [1.54, 1.807) is 29.2 Å². The number of anilines is 2. The van der Waals surface area contributed by atoms with Gasteiger partial charge in [-0.15, -0.1) is 0 Å². The quantitative estimate of drug-likeness (QED) is 0.730. The van der Waals surface area contributed by atoms with Gasteiger partial charge < -0.3 is 10.3 Å². The zero-order valence-electron chi connectivity index (χ0n) is 11.4. The Morgan fingerprint density at radius 3 is 2.57 bits per heavy atom. The fourth-order valence-corrected chi connectivity index (χ4v) is 2.28. The number of halogens is 4. The molecular formula is C15H9ClF3N3O. The molecule has 0 bridgehead atoms. The summed E-state index contributed by atoms with van der Waals surface area (Å²) in [4.78, 5) is 17.8. The summed E-state index contributed by atoms with van der Waals surface area (Å²) in [6.45, 7) is 0. The smallest absolute Gasteiger partial charge is 0.336 e. The molecule has 4 nitrogen and oxygen atoms in total. The van der Waals surface area contributed by atoms with Crippen LogP contribution in [0.5, 0.6) is 0 Å². The molecule has 2 N–H and O–H groups in total. The van der Waals surface area contributed by atoms with E-state index in [-0.39, 0.29) is 5.69 Å². The zero-order chi connectivity index (χ0) is 16.6. The number of aromatic amines is 1. The number of benzene rings is 1. The summed E-state index contributed by atoms with van der Waals surface area (Å²) >= 11 is 6.05. The summed E-state index contributed by atoms with van der Waals surface area (Å²) in [5, 5.41) is 3.94. The van der Waals surface area contributed by atoms with Crippen molar-refractivity contribution in [3.05, 3.63) is 63.5 Å². The van der Waals surface area contributed by atoms with Crippen LogP contribution in [-0.4, -0.2) is 9.97 Å². The average Bonchev–Trinajstić information content (AvgIpc) is 2.49. The van der Waals surface area contributed by atoms with Crippen molar-refractivity contribution in [3.63, 3.8) is 0 Å². The number of para-hydroxylation sites is 1. The van der Waals surface area contributed by atoms with Crippen LogP contribution in [0.1, 0.15) is 5.69 Å². The Bertz CT molecular complexity index is 937. The molecule has 0 unspecified atom stereocenters. The second kappa shape index (κ2) is 5.58. The fourth-order valence-electron chi connectivity index (χ4n) is 2.06. The first kappa shape index (κ1) is 15.4. The van der Waals surface area contributed by atoms with Crippen LogP contribution in [-0.2, 0) is 6.18 Å². The average molecular weight is 340 g/mol. The van der Waals surface area contributed by atoms with E-state index in [1.165, 1.54) is 0 Å². The summed E-state index contributed by atoms with van der Waals surface area (Å²) < 4.78 is 37.6. The van der Waals surface area contributed by atoms with Gasteiger partial charge in [-0.25, -0.2) is 4.98 Å². The van der Waals surface area contributed by atoms with E-state index in [4.69, 9.17) is 11.6 Å². The lowest BCUT2D eigenvalue weighted by Gasteiger charge is -2.09. The first-order valence-electron chi connectivity index (χ1n) is 6.47. The molecule has 0 amide bonds. The molecule has 3 rings (SSSR count). The van der Waals surface area contributed by atoms with Crippen molar-refractivity contribution in [2.24, 2.45) is 0 Å². The lowest BCUT2D eigenvalue weighted by atomic mass is 10.2. The molecular weight excluding hydrogens is 331 g/mol. The van der Waals surface area contributed by atoms with Crippen molar-refractivity contribution in [2.45, 2.75) is 6.18 Å². The van der Waals surface area contributed by atoms with Gasteiger partial charge in [0.2, 0.25) is 0 Å². The van der Waals surface area contributed by atoms with Crippen molar-refractivity contribution in [1.29, 1.82) is 0 Å². The minimum absolute atomic E-state index is 0.0445. The zero-order valence-corrected chi connectivity index (χ0v) is 12.2.